The Kier molecular flexibility index (Phi) is 4.80. The van der Waals surface area contributed by atoms with Crippen molar-refractivity contribution in [2.75, 3.05) is 18.4 Å². The van der Waals surface area contributed by atoms with E-state index in [9.17, 15) is 9.18 Å². The Hall–Kier alpha value is -2.50. The Morgan fingerprint density at radius 2 is 1.83 bits per heavy atom. The van der Waals surface area contributed by atoms with Crippen LogP contribution in [-0.2, 0) is 0 Å². The summed E-state index contributed by atoms with van der Waals surface area (Å²) in [6.07, 6.45) is 5.89. The molecule has 0 unspecified atom stereocenters. The second-order valence-electron chi connectivity index (χ2n) is 5.58. The average Bonchev–Trinajstić information content (AvgIpc) is 2.86. The molecule has 23 heavy (non-hydrogen) atoms. The van der Waals surface area contributed by atoms with Crippen molar-refractivity contribution in [3.8, 4) is 0 Å². The Morgan fingerprint density at radius 1 is 1.09 bits per heavy atom. The fourth-order valence-electron chi connectivity index (χ4n) is 2.66. The van der Waals surface area contributed by atoms with Gasteiger partial charge in [-0.25, -0.2) is 14.4 Å². The third-order valence-electron chi connectivity index (χ3n) is 3.89. The van der Waals surface area contributed by atoms with E-state index in [1.807, 2.05) is 4.90 Å². The van der Waals surface area contributed by atoms with Crippen LogP contribution < -0.4 is 5.32 Å². The van der Waals surface area contributed by atoms with Gasteiger partial charge >= 0.3 is 0 Å². The molecule has 1 fully saturated rings. The smallest absolute Gasteiger partial charge is 0.272 e. The van der Waals surface area contributed by atoms with Crippen LogP contribution in [0.25, 0.3) is 0 Å². The van der Waals surface area contributed by atoms with Crippen LogP contribution in [0.4, 0.5) is 16.0 Å². The molecular weight excluding hydrogens is 295 g/mol. The number of likely N-dealkylation sites (tertiary alicyclic amines) is 1. The van der Waals surface area contributed by atoms with Crippen LogP contribution in [0.15, 0.2) is 36.5 Å². The summed E-state index contributed by atoms with van der Waals surface area (Å²) in [5.74, 6) is -0.262. The van der Waals surface area contributed by atoms with Crippen LogP contribution in [0.1, 0.15) is 36.2 Å². The first-order valence-electron chi connectivity index (χ1n) is 7.88. The number of hydrogen-bond acceptors (Lipinski definition) is 4. The van der Waals surface area contributed by atoms with Gasteiger partial charge in [0, 0.05) is 19.3 Å². The number of hydrogen-bond donors (Lipinski definition) is 1. The summed E-state index contributed by atoms with van der Waals surface area (Å²) in [5.41, 5.74) is 0.618. The molecule has 2 heterocycles. The Bertz CT molecular complexity index is 684. The van der Waals surface area contributed by atoms with Crippen molar-refractivity contribution in [3.05, 3.63) is 48.0 Å². The maximum atomic E-state index is 13.7. The lowest BCUT2D eigenvalue weighted by atomic mass is 10.2. The number of carbonyl (C=O) groups excluding carboxylic acids is 1. The summed E-state index contributed by atoms with van der Waals surface area (Å²) in [4.78, 5) is 22.7. The molecule has 120 valence electrons. The zero-order valence-corrected chi connectivity index (χ0v) is 12.8. The minimum atomic E-state index is -0.389. The highest BCUT2D eigenvalue weighted by Crippen LogP contribution is 2.17. The van der Waals surface area contributed by atoms with E-state index < -0.39 is 0 Å². The number of benzene rings is 1. The predicted octanol–water partition coefficient (Wildman–Crippen LogP) is 3.38. The molecule has 1 aliphatic heterocycles. The van der Waals surface area contributed by atoms with Crippen LogP contribution in [0.3, 0.4) is 0 Å². The van der Waals surface area contributed by atoms with Gasteiger partial charge in [0.15, 0.2) is 0 Å². The molecular formula is C17H19FN4O. The van der Waals surface area contributed by atoms with Crippen LogP contribution in [0.2, 0.25) is 0 Å². The fourth-order valence-corrected chi connectivity index (χ4v) is 2.66. The zero-order valence-electron chi connectivity index (χ0n) is 12.8. The number of nitrogens with zero attached hydrogens (tertiary/aromatic N) is 3. The van der Waals surface area contributed by atoms with E-state index in [0.717, 1.165) is 38.8 Å². The first-order chi connectivity index (χ1) is 11.2. The number of nitrogens with one attached hydrogen (secondary N) is 1. The van der Waals surface area contributed by atoms with E-state index in [4.69, 9.17) is 0 Å². The Labute approximate surface area is 134 Å². The van der Waals surface area contributed by atoms with E-state index >= 15 is 0 Å². The lowest BCUT2D eigenvalue weighted by Crippen LogP contribution is -2.32. The molecule has 2 aromatic rings. The van der Waals surface area contributed by atoms with Crippen molar-refractivity contribution in [3.63, 3.8) is 0 Å². The van der Waals surface area contributed by atoms with Crippen LogP contribution in [0, 0.1) is 5.82 Å². The normalized spacial score (nSPS) is 15.1. The maximum Gasteiger partial charge on any atom is 0.272 e. The molecule has 0 atom stereocenters. The minimum absolute atomic E-state index is 0.0918. The summed E-state index contributed by atoms with van der Waals surface area (Å²) in [5, 5.41) is 2.81. The van der Waals surface area contributed by atoms with Crippen molar-refractivity contribution >= 4 is 17.5 Å². The van der Waals surface area contributed by atoms with Gasteiger partial charge in [-0.05, 0) is 31.0 Å². The minimum Gasteiger partial charge on any atom is -0.337 e. The van der Waals surface area contributed by atoms with Crippen LogP contribution in [0.5, 0.6) is 0 Å². The second-order valence-corrected chi connectivity index (χ2v) is 5.58. The fraction of sp³-hybridized carbons (Fsp3) is 0.353. The van der Waals surface area contributed by atoms with Crippen molar-refractivity contribution in [2.45, 2.75) is 25.7 Å². The van der Waals surface area contributed by atoms with Gasteiger partial charge in [0.2, 0.25) is 5.95 Å². The molecule has 1 aromatic carbocycles. The molecule has 0 aliphatic carbocycles. The van der Waals surface area contributed by atoms with Gasteiger partial charge in [0.25, 0.3) is 5.91 Å². The lowest BCUT2D eigenvalue weighted by Gasteiger charge is -2.19. The van der Waals surface area contributed by atoms with Gasteiger partial charge in [-0.1, -0.05) is 25.0 Å². The number of rotatable bonds is 3. The number of anilines is 2. The first-order valence-corrected chi connectivity index (χ1v) is 7.88. The average molecular weight is 314 g/mol. The summed E-state index contributed by atoms with van der Waals surface area (Å²) in [6, 6.07) is 7.88. The van der Waals surface area contributed by atoms with Gasteiger partial charge in [-0.15, -0.1) is 0 Å². The van der Waals surface area contributed by atoms with Gasteiger partial charge in [-0.3, -0.25) is 4.79 Å². The maximum absolute atomic E-state index is 13.7. The van der Waals surface area contributed by atoms with E-state index in [2.05, 4.69) is 15.3 Å². The third-order valence-corrected chi connectivity index (χ3v) is 3.89. The molecule has 1 aliphatic rings. The third kappa shape index (κ3) is 3.83. The highest BCUT2D eigenvalue weighted by Gasteiger charge is 2.19. The lowest BCUT2D eigenvalue weighted by molar-refractivity contribution is 0.0755. The van der Waals surface area contributed by atoms with Gasteiger partial charge < -0.3 is 10.2 Å². The van der Waals surface area contributed by atoms with Crippen LogP contribution >= 0.6 is 0 Å². The molecule has 1 saturated heterocycles. The van der Waals surface area contributed by atoms with Crippen molar-refractivity contribution in [2.24, 2.45) is 0 Å². The number of aromatic nitrogens is 2. The van der Waals surface area contributed by atoms with E-state index in [1.54, 1.807) is 24.3 Å². The van der Waals surface area contributed by atoms with Crippen molar-refractivity contribution in [1.29, 1.82) is 0 Å². The molecule has 1 amide bonds. The highest BCUT2D eigenvalue weighted by atomic mass is 19.1. The zero-order chi connectivity index (χ0) is 16.1. The molecule has 5 nitrogen and oxygen atoms in total. The molecule has 0 saturated carbocycles. The molecule has 0 spiro atoms. The van der Waals surface area contributed by atoms with Crippen LogP contribution in [-0.4, -0.2) is 33.9 Å². The van der Waals surface area contributed by atoms with Gasteiger partial charge in [-0.2, -0.15) is 0 Å². The Morgan fingerprint density at radius 3 is 2.57 bits per heavy atom. The number of amides is 1. The largest absolute Gasteiger partial charge is 0.337 e. The van der Waals surface area contributed by atoms with Gasteiger partial charge in [0.05, 0.1) is 5.69 Å². The summed E-state index contributed by atoms with van der Waals surface area (Å²) < 4.78 is 13.7. The number of para-hydroxylation sites is 1. The SMILES string of the molecule is O=C(c1ccnc(Nc2ccccc2F)n1)N1CCCCCC1. The quantitative estimate of drug-likeness (QED) is 0.943. The van der Waals surface area contributed by atoms with Crippen molar-refractivity contribution in [1.82, 2.24) is 14.9 Å². The molecule has 6 heteroatoms. The predicted molar refractivity (Wildman–Crippen MR) is 86.1 cm³/mol. The molecule has 0 radical (unpaired) electrons. The molecule has 1 aromatic heterocycles. The monoisotopic (exact) mass is 314 g/mol. The number of halogens is 1. The van der Waals surface area contributed by atoms with Crippen molar-refractivity contribution < 1.29 is 9.18 Å². The van der Waals surface area contributed by atoms with E-state index in [-0.39, 0.29) is 23.4 Å². The summed E-state index contributed by atoms with van der Waals surface area (Å²) >= 11 is 0. The molecule has 1 N–H and O–H groups in total. The highest BCUT2D eigenvalue weighted by molar-refractivity contribution is 5.92. The number of carbonyl (C=O) groups is 1. The summed E-state index contributed by atoms with van der Waals surface area (Å²) in [6.45, 7) is 1.53. The molecule has 3 rings (SSSR count). The standard InChI is InChI=1S/C17H19FN4O/c18-13-7-3-4-8-14(13)20-17-19-10-9-15(21-17)16(23)22-11-5-1-2-6-12-22/h3-4,7-10H,1-2,5-6,11-12H2,(H,19,20,21). The van der Waals surface area contributed by atoms with E-state index in [1.165, 1.54) is 12.3 Å². The topological polar surface area (TPSA) is 58.1 Å². The van der Waals surface area contributed by atoms with Gasteiger partial charge in [0.1, 0.15) is 11.5 Å². The summed E-state index contributed by atoms with van der Waals surface area (Å²) in [7, 11) is 0. The Balaban J connectivity index is 1.76. The second kappa shape index (κ2) is 7.17. The first kappa shape index (κ1) is 15.4. The molecule has 0 bridgehead atoms. The van der Waals surface area contributed by atoms with E-state index in [0.29, 0.717) is 5.69 Å².